The normalized spacial score (nSPS) is 16.6. The SMILES string of the molecule is C[C@H](Sc1nc2ccccc2c(=O)n1C)C(=O)NC1CCCC1. The number of para-hydroxylation sites is 1. The van der Waals surface area contributed by atoms with Crippen LogP contribution in [-0.2, 0) is 11.8 Å². The zero-order chi connectivity index (χ0) is 16.4. The topological polar surface area (TPSA) is 64.0 Å². The molecule has 0 spiro atoms. The van der Waals surface area contributed by atoms with Crippen molar-refractivity contribution in [3.8, 4) is 0 Å². The largest absolute Gasteiger partial charge is 0.352 e. The lowest BCUT2D eigenvalue weighted by Crippen LogP contribution is -2.38. The molecule has 122 valence electrons. The third-order valence-electron chi connectivity index (χ3n) is 4.30. The van der Waals surface area contributed by atoms with Gasteiger partial charge in [0, 0.05) is 13.1 Å². The van der Waals surface area contributed by atoms with Crippen molar-refractivity contribution >= 4 is 28.6 Å². The summed E-state index contributed by atoms with van der Waals surface area (Å²) in [4.78, 5) is 29.2. The van der Waals surface area contributed by atoms with Crippen LogP contribution in [-0.4, -0.2) is 26.8 Å². The molecule has 0 radical (unpaired) electrons. The first-order valence-corrected chi connectivity index (χ1v) is 8.87. The van der Waals surface area contributed by atoms with Crippen LogP contribution < -0.4 is 10.9 Å². The number of rotatable bonds is 4. The maximum Gasteiger partial charge on any atom is 0.261 e. The Kier molecular flexibility index (Phi) is 4.71. The highest BCUT2D eigenvalue weighted by atomic mass is 32.2. The van der Waals surface area contributed by atoms with Gasteiger partial charge in [-0.1, -0.05) is 36.7 Å². The van der Waals surface area contributed by atoms with Crippen molar-refractivity contribution in [1.82, 2.24) is 14.9 Å². The van der Waals surface area contributed by atoms with Crippen LogP contribution in [0.3, 0.4) is 0 Å². The molecule has 0 unspecified atom stereocenters. The van der Waals surface area contributed by atoms with Gasteiger partial charge in [-0.15, -0.1) is 0 Å². The average molecular weight is 331 g/mol. The Balaban J connectivity index is 1.79. The van der Waals surface area contributed by atoms with Gasteiger partial charge in [0.2, 0.25) is 5.91 Å². The van der Waals surface area contributed by atoms with Gasteiger partial charge in [-0.25, -0.2) is 4.98 Å². The fraction of sp³-hybridized carbons (Fsp3) is 0.471. The summed E-state index contributed by atoms with van der Waals surface area (Å²) in [5.74, 6) is 0.0179. The Morgan fingerprint density at radius 1 is 1.35 bits per heavy atom. The summed E-state index contributed by atoms with van der Waals surface area (Å²) >= 11 is 1.33. The number of thioether (sulfide) groups is 1. The highest BCUT2D eigenvalue weighted by molar-refractivity contribution is 8.00. The van der Waals surface area contributed by atoms with E-state index in [1.165, 1.54) is 29.2 Å². The van der Waals surface area contributed by atoms with Crippen LogP contribution in [0.4, 0.5) is 0 Å². The lowest BCUT2D eigenvalue weighted by Gasteiger charge is -2.17. The number of hydrogen-bond acceptors (Lipinski definition) is 4. The fourth-order valence-corrected chi connectivity index (χ4v) is 3.79. The zero-order valence-electron chi connectivity index (χ0n) is 13.4. The van der Waals surface area contributed by atoms with Gasteiger partial charge in [-0.2, -0.15) is 0 Å². The molecule has 0 saturated heterocycles. The van der Waals surface area contributed by atoms with Crippen LogP contribution >= 0.6 is 11.8 Å². The molecular formula is C17H21N3O2S. The predicted octanol–water partition coefficient (Wildman–Crippen LogP) is 2.47. The van der Waals surface area contributed by atoms with Crippen LogP contribution in [0.25, 0.3) is 10.9 Å². The van der Waals surface area contributed by atoms with Crippen molar-refractivity contribution in [3.63, 3.8) is 0 Å². The molecule has 0 bridgehead atoms. The average Bonchev–Trinajstić information content (AvgIpc) is 3.05. The third kappa shape index (κ3) is 3.42. The molecule has 5 nitrogen and oxygen atoms in total. The van der Waals surface area contributed by atoms with E-state index in [9.17, 15) is 9.59 Å². The van der Waals surface area contributed by atoms with Crippen LogP contribution in [0.5, 0.6) is 0 Å². The maximum atomic E-state index is 12.4. The second-order valence-corrected chi connectivity index (χ2v) is 7.33. The molecule has 3 rings (SSSR count). The van der Waals surface area contributed by atoms with Crippen LogP contribution in [0, 0.1) is 0 Å². The number of aromatic nitrogens is 2. The van der Waals surface area contributed by atoms with E-state index in [0.29, 0.717) is 22.1 Å². The lowest BCUT2D eigenvalue weighted by molar-refractivity contribution is -0.120. The van der Waals surface area contributed by atoms with Gasteiger partial charge in [-0.3, -0.25) is 14.2 Å². The van der Waals surface area contributed by atoms with Crippen LogP contribution in [0.2, 0.25) is 0 Å². The lowest BCUT2D eigenvalue weighted by atomic mass is 10.2. The summed E-state index contributed by atoms with van der Waals surface area (Å²) in [5.41, 5.74) is 0.586. The summed E-state index contributed by atoms with van der Waals surface area (Å²) in [6.07, 6.45) is 4.51. The molecule has 1 saturated carbocycles. The van der Waals surface area contributed by atoms with Crippen LogP contribution in [0.15, 0.2) is 34.2 Å². The Hall–Kier alpha value is -1.82. The summed E-state index contributed by atoms with van der Waals surface area (Å²) < 4.78 is 1.52. The van der Waals surface area contributed by atoms with E-state index in [1.807, 2.05) is 25.1 Å². The first-order chi connectivity index (χ1) is 11.1. The number of benzene rings is 1. The first kappa shape index (κ1) is 16.1. The Morgan fingerprint density at radius 2 is 2.04 bits per heavy atom. The van der Waals surface area contributed by atoms with Gasteiger partial charge in [0.15, 0.2) is 5.16 Å². The van der Waals surface area contributed by atoms with Gasteiger partial charge >= 0.3 is 0 Å². The zero-order valence-corrected chi connectivity index (χ0v) is 14.2. The molecule has 1 N–H and O–H groups in total. The molecule has 1 aliphatic rings. The second kappa shape index (κ2) is 6.74. The molecule has 1 aromatic carbocycles. The molecule has 1 fully saturated rings. The van der Waals surface area contributed by atoms with Crippen molar-refractivity contribution in [2.45, 2.75) is 49.1 Å². The Labute approximate surface area is 139 Å². The number of nitrogens with zero attached hydrogens (tertiary/aromatic N) is 2. The second-order valence-electron chi connectivity index (χ2n) is 6.03. The van der Waals surface area contributed by atoms with Gasteiger partial charge in [-0.05, 0) is 31.9 Å². The van der Waals surface area contributed by atoms with E-state index in [1.54, 1.807) is 13.1 Å². The van der Waals surface area contributed by atoms with E-state index >= 15 is 0 Å². The molecule has 2 aromatic rings. The molecule has 1 aliphatic carbocycles. The van der Waals surface area contributed by atoms with E-state index < -0.39 is 0 Å². The number of carbonyl (C=O) groups is 1. The van der Waals surface area contributed by atoms with Gasteiger partial charge in [0.05, 0.1) is 16.2 Å². The summed E-state index contributed by atoms with van der Waals surface area (Å²) in [6, 6.07) is 7.59. The predicted molar refractivity (Wildman–Crippen MR) is 92.7 cm³/mol. The minimum atomic E-state index is -0.283. The van der Waals surface area contributed by atoms with Crippen molar-refractivity contribution < 1.29 is 4.79 Å². The van der Waals surface area contributed by atoms with Crippen molar-refractivity contribution in [3.05, 3.63) is 34.6 Å². The summed E-state index contributed by atoms with van der Waals surface area (Å²) in [7, 11) is 1.70. The monoisotopic (exact) mass is 331 g/mol. The van der Waals surface area contributed by atoms with Gasteiger partial charge in [0.25, 0.3) is 5.56 Å². The number of carbonyl (C=O) groups excluding carboxylic acids is 1. The highest BCUT2D eigenvalue weighted by Crippen LogP contribution is 2.23. The quantitative estimate of drug-likeness (QED) is 0.690. The van der Waals surface area contributed by atoms with Crippen molar-refractivity contribution in [2.24, 2.45) is 7.05 Å². The number of hydrogen-bond donors (Lipinski definition) is 1. The smallest absolute Gasteiger partial charge is 0.261 e. The number of fused-ring (bicyclic) bond motifs is 1. The molecular weight excluding hydrogens is 310 g/mol. The van der Waals surface area contributed by atoms with E-state index in [0.717, 1.165) is 12.8 Å². The number of nitrogens with one attached hydrogen (secondary N) is 1. The maximum absolute atomic E-state index is 12.4. The van der Waals surface area contributed by atoms with Crippen molar-refractivity contribution in [1.29, 1.82) is 0 Å². The van der Waals surface area contributed by atoms with E-state index in [4.69, 9.17) is 0 Å². The molecule has 23 heavy (non-hydrogen) atoms. The highest BCUT2D eigenvalue weighted by Gasteiger charge is 2.22. The first-order valence-electron chi connectivity index (χ1n) is 7.99. The molecule has 1 atom stereocenters. The summed E-state index contributed by atoms with van der Waals surface area (Å²) in [6.45, 7) is 1.86. The Morgan fingerprint density at radius 3 is 2.78 bits per heavy atom. The molecule has 1 aromatic heterocycles. The third-order valence-corrected chi connectivity index (χ3v) is 5.44. The minimum Gasteiger partial charge on any atom is -0.352 e. The van der Waals surface area contributed by atoms with Crippen molar-refractivity contribution in [2.75, 3.05) is 0 Å². The van der Waals surface area contributed by atoms with Gasteiger partial charge < -0.3 is 5.32 Å². The van der Waals surface area contributed by atoms with Crippen LogP contribution in [0.1, 0.15) is 32.6 Å². The standard InChI is InChI=1S/C17H21N3O2S/c1-11(15(21)18-12-7-3-4-8-12)23-17-19-14-10-6-5-9-13(14)16(22)20(17)2/h5-6,9-12H,3-4,7-8H2,1-2H3,(H,18,21)/t11-/m0/s1. The Bertz CT molecular complexity index is 781. The number of amides is 1. The van der Waals surface area contributed by atoms with E-state index in [2.05, 4.69) is 10.3 Å². The summed E-state index contributed by atoms with van der Waals surface area (Å²) in [5, 5.41) is 3.98. The molecule has 1 heterocycles. The molecule has 0 aliphatic heterocycles. The van der Waals surface area contributed by atoms with Gasteiger partial charge in [0.1, 0.15) is 0 Å². The molecule has 1 amide bonds. The van der Waals surface area contributed by atoms with E-state index in [-0.39, 0.29) is 16.7 Å². The molecule has 6 heteroatoms. The minimum absolute atomic E-state index is 0.0179. The fourth-order valence-electron chi connectivity index (χ4n) is 2.90.